The third-order valence-electron chi connectivity index (χ3n) is 4.74. The van der Waals surface area contributed by atoms with E-state index >= 15 is 0 Å². The second-order valence-corrected chi connectivity index (χ2v) is 7.19. The molecule has 1 heterocycles. The van der Waals surface area contributed by atoms with Crippen molar-refractivity contribution in [3.8, 4) is 0 Å². The van der Waals surface area contributed by atoms with E-state index in [1.807, 2.05) is 37.3 Å². The molecule has 2 aromatic carbocycles. The van der Waals surface area contributed by atoms with Crippen LogP contribution < -0.4 is 16.2 Å². The van der Waals surface area contributed by atoms with Crippen LogP contribution in [0.15, 0.2) is 53.3 Å². The standard InChI is InChI=1S/C22H25N3OS/c1-15-8-9-16(2)20-19(15)14-18(21(26)25-20)11-13-24-22(27)23-12-10-17-6-4-3-5-7-17/h3-9,14H,10-13H2,1-2H3,(H,25,26)(H2,23,24,27). The number of aromatic amines is 1. The van der Waals surface area contributed by atoms with Crippen molar-refractivity contribution in [2.75, 3.05) is 13.1 Å². The summed E-state index contributed by atoms with van der Waals surface area (Å²) in [5.41, 5.74) is 5.20. The molecule has 3 N–H and O–H groups in total. The molecule has 0 radical (unpaired) electrons. The smallest absolute Gasteiger partial charge is 0.251 e. The Kier molecular flexibility index (Phi) is 6.24. The van der Waals surface area contributed by atoms with E-state index in [2.05, 4.69) is 40.7 Å². The lowest BCUT2D eigenvalue weighted by molar-refractivity contribution is 0.799. The highest BCUT2D eigenvalue weighted by molar-refractivity contribution is 7.80. The normalized spacial score (nSPS) is 10.7. The Morgan fingerprint density at radius 2 is 1.63 bits per heavy atom. The molecule has 0 aliphatic rings. The van der Waals surface area contributed by atoms with Crippen LogP contribution in [-0.4, -0.2) is 23.2 Å². The lowest BCUT2D eigenvalue weighted by Crippen LogP contribution is -2.37. The van der Waals surface area contributed by atoms with Gasteiger partial charge in [-0.05, 0) is 61.7 Å². The lowest BCUT2D eigenvalue weighted by Gasteiger charge is -2.11. The molecule has 0 atom stereocenters. The van der Waals surface area contributed by atoms with Crippen LogP contribution in [0.4, 0.5) is 0 Å². The second-order valence-electron chi connectivity index (χ2n) is 6.78. The van der Waals surface area contributed by atoms with E-state index in [4.69, 9.17) is 12.2 Å². The van der Waals surface area contributed by atoms with Crippen molar-refractivity contribution in [2.24, 2.45) is 0 Å². The molecule has 0 amide bonds. The third-order valence-corrected chi connectivity index (χ3v) is 5.03. The second kappa shape index (κ2) is 8.82. The molecule has 0 unspecified atom stereocenters. The Morgan fingerprint density at radius 1 is 0.963 bits per heavy atom. The fourth-order valence-electron chi connectivity index (χ4n) is 3.14. The summed E-state index contributed by atoms with van der Waals surface area (Å²) >= 11 is 5.32. The SMILES string of the molecule is Cc1ccc(C)c2[nH]c(=O)c(CCNC(=S)NCCc3ccccc3)cc12. The van der Waals surface area contributed by atoms with Gasteiger partial charge in [0.1, 0.15) is 0 Å². The average molecular weight is 380 g/mol. The number of fused-ring (bicyclic) bond motifs is 1. The van der Waals surface area contributed by atoms with Crippen LogP contribution in [0.1, 0.15) is 22.3 Å². The first kappa shape index (κ1) is 19.1. The minimum Gasteiger partial charge on any atom is -0.362 e. The summed E-state index contributed by atoms with van der Waals surface area (Å²) in [6.07, 6.45) is 1.55. The van der Waals surface area contributed by atoms with E-state index in [1.54, 1.807) is 0 Å². The van der Waals surface area contributed by atoms with Crippen molar-refractivity contribution in [3.63, 3.8) is 0 Å². The van der Waals surface area contributed by atoms with E-state index in [-0.39, 0.29) is 5.56 Å². The van der Waals surface area contributed by atoms with Gasteiger partial charge in [0, 0.05) is 24.0 Å². The van der Waals surface area contributed by atoms with Gasteiger partial charge in [0.15, 0.2) is 5.11 Å². The molecule has 5 heteroatoms. The number of thiocarbonyl (C=S) groups is 1. The summed E-state index contributed by atoms with van der Waals surface area (Å²) < 4.78 is 0. The molecule has 0 aliphatic heterocycles. The quantitative estimate of drug-likeness (QED) is 0.575. The number of hydrogen-bond donors (Lipinski definition) is 3. The average Bonchev–Trinajstić information content (AvgIpc) is 2.66. The highest BCUT2D eigenvalue weighted by atomic mass is 32.1. The molecule has 0 saturated heterocycles. The first-order valence-electron chi connectivity index (χ1n) is 9.22. The van der Waals surface area contributed by atoms with Crippen molar-refractivity contribution in [1.82, 2.24) is 15.6 Å². The van der Waals surface area contributed by atoms with Gasteiger partial charge in [-0.3, -0.25) is 4.79 Å². The third kappa shape index (κ3) is 4.95. The number of aryl methyl sites for hydroxylation is 2. The number of benzene rings is 2. The predicted octanol–water partition coefficient (Wildman–Crippen LogP) is 3.39. The van der Waals surface area contributed by atoms with Gasteiger partial charge in [0.05, 0.1) is 5.52 Å². The van der Waals surface area contributed by atoms with Gasteiger partial charge in [-0.25, -0.2) is 0 Å². The van der Waals surface area contributed by atoms with Gasteiger partial charge >= 0.3 is 0 Å². The zero-order valence-electron chi connectivity index (χ0n) is 15.8. The zero-order chi connectivity index (χ0) is 19.2. The van der Waals surface area contributed by atoms with Crippen molar-refractivity contribution in [2.45, 2.75) is 26.7 Å². The van der Waals surface area contributed by atoms with Crippen LogP contribution in [0.3, 0.4) is 0 Å². The van der Waals surface area contributed by atoms with Crippen molar-refractivity contribution in [3.05, 3.63) is 81.1 Å². The molecule has 0 saturated carbocycles. The van der Waals surface area contributed by atoms with Crippen LogP contribution in [0.25, 0.3) is 10.9 Å². The van der Waals surface area contributed by atoms with Crippen LogP contribution in [0.2, 0.25) is 0 Å². The van der Waals surface area contributed by atoms with Crippen LogP contribution in [0, 0.1) is 13.8 Å². The number of nitrogens with one attached hydrogen (secondary N) is 3. The monoisotopic (exact) mass is 379 g/mol. The van der Waals surface area contributed by atoms with Crippen LogP contribution >= 0.6 is 12.2 Å². The van der Waals surface area contributed by atoms with Crippen molar-refractivity contribution < 1.29 is 0 Å². The number of H-pyrrole nitrogens is 1. The number of hydrogen-bond acceptors (Lipinski definition) is 2. The molecule has 0 aliphatic carbocycles. The van der Waals surface area contributed by atoms with E-state index in [1.165, 1.54) is 11.1 Å². The highest BCUT2D eigenvalue weighted by Crippen LogP contribution is 2.19. The minimum absolute atomic E-state index is 0.0269. The largest absolute Gasteiger partial charge is 0.362 e. The zero-order valence-corrected chi connectivity index (χ0v) is 16.6. The first-order valence-corrected chi connectivity index (χ1v) is 9.63. The molecule has 140 valence electrons. The van der Waals surface area contributed by atoms with Crippen molar-refractivity contribution >= 4 is 28.2 Å². The van der Waals surface area contributed by atoms with Gasteiger partial charge in [-0.15, -0.1) is 0 Å². The summed E-state index contributed by atoms with van der Waals surface area (Å²) in [6, 6.07) is 16.4. The molecule has 0 fully saturated rings. The number of pyridine rings is 1. The van der Waals surface area contributed by atoms with Gasteiger partial charge in [-0.1, -0.05) is 42.5 Å². The Morgan fingerprint density at radius 3 is 2.37 bits per heavy atom. The minimum atomic E-state index is -0.0269. The summed E-state index contributed by atoms with van der Waals surface area (Å²) in [4.78, 5) is 15.4. The molecule has 0 bridgehead atoms. The number of rotatable bonds is 6. The topological polar surface area (TPSA) is 56.9 Å². The summed E-state index contributed by atoms with van der Waals surface area (Å²) in [5, 5.41) is 8.12. The molecular weight excluding hydrogens is 354 g/mol. The van der Waals surface area contributed by atoms with E-state index in [0.717, 1.165) is 35.0 Å². The fraction of sp³-hybridized carbons (Fsp3) is 0.273. The maximum atomic E-state index is 12.4. The molecule has 4 nitrogen and oxygen atoms in total. The Balaban J connectivity index is 1.52. The molecular formula is C22H25N3OS. The maximum absolute atomic E-state index is 12.4. The Labute approximate surface area is 165 Å². The predicted molar refractivity (Wildman–Crippen MR) is 116 cm³/mol. The van der Waals surface area contributed by atoms with E-state index < -0.39 is 0 Å². The first-order chi connectivity index (χ1) is 13.0. The summed E-state index contributed by atoms with van der Waals surface area (Å²) in [6.45, 7) is 5.48. The lowest BCUT2D eigenvalue weighted by atomic mass is 10.0. The fourth-order valence-corrected chi connectivity index (χ4v) is 3.35. The van der Waals surface area contributed by atoms with Gasteiger partial charge < -0.3 is 15.6 Å². The molecule has 3 aromatic rings. The van der Waals surface area contributed by atoms with E-state index in [0.29, 0.717) is 18.1 Å². The van der Waals surface area contributed by atoms with Crippen LogP contribution in [0.5, 0.6) is 0 Å². The highest BCUT2D eigenvalue weighted by Gasteiger charge is 2.07. The van der Waals surface area contributed by atoms with Gasteiger partial charge in [-0.2, -0.15) is 0 Å². The maximum Gasteiger partial charge on any atom is 0.251 e. The Bertz CT molecular complexity index is 996. The van der Waals surface area contributed by atoms with Gasteiger partial charge in [0.25, 0.3) is 5.56 Å². The molecule has 0 spiro atoms. The van der Waals surface area contributed by atoms with Crippen LogP contribution in [-0.2, 0) is 12.8 Å². The summed E-state index contributed by atoms with van der Waals surface area (Å²) in [7, 11) is 0. The molecule has 1 aromatic heterocycles. The molecule has 27 heavy (non-hydrogen) atoms. The van der Waals surface area contributed by atoms with E-state index in [9.17, 15) is 4.79 Å². The molecule has 3 rings (SSSR count). The summed E-state index contributed by atoms with van der Waals surface area (Å²) in [5.74, 6) is 0. The van der Waals surface area contributed by atoms with Gasteiger partial charge in [0.2, 0.25) is 0 Å². The Hall–Kier alpha value is -2.66. The van der Waals surface area contributed by atoms with Crippen molar-refractivity contribution in [1.29, 1.82) is 0 Å². The number of aromatic nitrogens is 1.